The number of aryl methyl sites for hydroxylation is 3. The molecule has 1 atom stereocenters. The lowest BCUT2D eigenvalue weighted by Gasteiger charge is -2.19. The second kappa shape index (κ2) is 8.74. The van der Waals surface area contributed by atoms with Crippen LogP contribution in [0.3, 0.4) is 0 Å². The Morgan fingerprint density at radius 3 is 2.39 bits per heavy atom. The summed E-state index contributed by atoms with van der Waals surface area (Å²) in [5.41, 5.74) is 6.43. The largest absolute Gasteiger partial charge is 0.491 e. The molecule has 1 saturated heterocycles. The summed E-state index contributed by atoms with van der Waals surface area (Å²) in [6.45, 7) is 8.07. The van der Waals surface area contributed by atoms with Crippen LogP contribution in [0.15, 0.2) is 66.7 Å². The molecule has 0 saturated carbocycles. The molecule has 33 heavy (non-hydrogen) atoms. The van der Waals surface area contributed by atoms with Gasteiger partial charge in [-0.3, -0.25) is 4.79 Å². The highest BCUT2D eigenvalue weighted by Crippen LogP contribution is 2.34. The first-order valence-corrected chi connectivity index (χ1v) is 11.5. The number of aromatic nitrogens is 2. The molecule has 0 aliphatic carbocycles. The summed E-state index contributed by atoms with van der Waals surface area (Å²) < 4.78 is 8.45. The van der Waals surface area contributed by atoms with Crippen molar-refractivity contribution in [2.24, 2.45) is 0 Å². The van der Waals surface area contributed by atoms with E-state index < -0.39 is 0 Å². The van der Waals surface area contributed by atoms with Crippen molar-refractivity contribution in [3.05, 3.63) is 89.2 Å². The van der Waals surface area contributed by atoms with Crippen molar-refractivity contribution < 1.29 is 9.53 Å². The van der Waals surface area contributed by atoms with Gasteiger partial charge >= 0.3 is 0 Å². The highest BCUT2D eigenvalue weighted by Gasteiger charge is 2.35. The van der Waals surface area contributed by atoms with Crippen molar-refractivity contribution >= 4 is 22.6 Å². The monoisotopic (exact) mass is 439 g/mol. The molecule has 3 aromatic carbocycles. The molecule has 0 bridgehead atoms. The van der Waals surface area contributed by atoms with E-state index in [1.165, 1.54) is 0 Å². The maximum atomic E-state index is 13.0. The number of amides is 1. The Morgan fingerprint density at radius 1 is 0.909 bits per heavy atom. The molecule has 5 heteroatoms. The molecule has 1 unspecified atom stereocenters. The Balaban J connectivity index is 1.43. The molecule has 1 aliphatic heterocycles. The van der Waals surface area contributed by atoms with Crippen LogP contribution in [0, 0.1) is 20.8 Å². The number of anilines is 1. The molecule has 1 amide bonds. The van der Waals surface area contributed by atoms with Crippen LogP contribution in [0.5, 0.6) is 5.75 Å². The van der Waals surface area contributed by atoms with Crippen LogP contribution in [-0.2, 0) is 11.3 Å². The fraction of sp³-hybridized carbons (Fsp3) is 0.286. The molecule has 1 fully saturated rings. The minimum Gasteiger partial charge on any atom is -0.491 e. The summed E-state index contributed by atoms with van der Waals surface area (Å²) in [5.74, 6) is 2.11. The summed E-state index contributed by atoms with van der Waals surface area (Å²) in [4.78, 5) is 19.9. The van der Waals surface area contributed by atoms with E-state index in [2.05, 4.69) is 55.7 Å². The molecule has 0 radical (unpaired) electrons. The average Bonchev–Trinajstić information content (AvgIpc) is 3.37. The van der Waals surface area contributed by atoms with Crippen LogP contribution in [0.1, 0.15) is 34.9 Å². The Hall–Kier alpha value is -3.60. The number of rotatable bonds is 6. The Kier molecular flexibility index (Phi) is 5.63. The van der Waals surface area contributed by atoms with E-state index in [-0.39, 0.29) is 11.8 Å². The number of benzene rings is 3. The molecule has 168 valence electrons. The van der Waals surface area contributed by atoms with Gasteiger partial charge in [-0.25, -0.2) is 4.98 Å². The number of carbonyl (C=O) groups is 1. The number of hydrogen-bond donors (Lipinski definition) is 0. The first-order valence-electron chi connectivity index (χ1n) is 11.5. The molecule has 1 aromatic heterocycles. The van der Waals surface area contributed by atoms with Crippen LogP contribution < -0.4 is 9.64 Å². The summed E-state index contributed by atoms with van der Waals surface area (Å²) in [5, 5.41) is 0. The van der Waals surface area contributed by atoms with E-state index in [1.54, 1.807) is 0 Å². The topological polar surface area (TPSA) is 47.4 Å². The van der Waals surface area contributed by atoms with Crippen LogP contribution >= 0.6 is 0 Å². The van der Waals surface area contributed by atoms with Crippen molar-refractivity contribution in [2.45, 2.75) is 39.7 Å². The van der Waals surface area contributed by atoms with Gasteiger partial charge in [0.15, 0.2) is 0 Å². The van der Waals surface area contributed by atoms with Gasteiger partial charge in [0.1, 0.15) is 18.2 Å². The molecule has 2 heterocycles. The average molecular weight is 440 g/mol. The summed E-state index contributed by atoms with van der Waals surface area (Å²) in [6, 6.07) is 22.5. The number of imidazole rings is 1. The van der Waals surface area contributed by atoms with Crippen molar-refractivity contribution in [1.82, 2.24) is 9.55 Å². The molecule has 0 N–H and O–H groups in total. The number of nitrogens with zero attached hydrogens (tertiary/aromatic N) is 3. The number of fused-ring (bicyclic) bond motifs is 1. The summed E-state index contributed by atoms with van der Waals surface area (Å²) in [6.07, 6.45) is 0.468. The molecular formula is C28H29N3O2. The van der Waals surface area contributed by atoms with Crippen LogP contribution in [-0.4, -0.2) is 28.6 Å². The van der Waals surface area contributed by atoms with Crippen LogP contribution in [0.25, 0.3) is 11.0 Å². The third-order valence-corrected chi connectivity index (χ3v) is 6.55. The zero-order valence-electron chi connectivity index (χ0n) is 19.4. The normalized spacial score (nSPS) is 16.0. The SMILES string of the molecule is Cc1ccccc1N1CC(c2nc3ccccc3n2CCOc2c(C)cccc2C)CC1=O. The van der Waals surface area contributed by atoms with E-state index in [4.69, 9.17) is 9.72 Å². The smallest absolute Gasteiger partial charge is 0.227 e. The second-order valence-corrected chi connectivity index (χ2v) is 8.87. The third kappa shape index (κ3) is 3.99. The van der Waals surface area contributed by atoms with Gasteiger partial charge in [0.05, 0.1) is 17.6 Å². The Morgan fingerprint density at radius 2 is 1.61 bits per heavy atom. The number of hydrogen-bond acceptors (Lipinski definition) is 3. The minimum atomic E-state index is 0.0460. The zero-order valence-corrected chi connectivity index (χ0v) is 19.4. The van der Waals surface area contributed by atoms with Gasteiger partial charge in [-0.15, -0.1) is 0 Å². The van der Waals surface area contributed by atoms with Crippen LogP contribution in [0.2, 0.25) is 0 Å². The molecule has 5 nitrogen and oxygen atoms in total. The van der Waals surface area contributed by atoms with Gasteiger partial charge in [-0.2, -0.15) is 0 Å². The van der Waals surface area contributed by atoms with E-state index in [0.717, 1.165) is 45.0 Å². The van der Waals surface area contributed by atoms with Gasteiger partial charge in [-0.05, 0) is 55.7 Å². The van der Waals surface area contributed by atoms with Crippen LogP contribution in [0.4, 0.5) is 5.69 Å². The van der Waals surface area contributed by atoms with Gasteiger partial charge in [0, 0.05) is 24.6 Å². The lowest BCUT2D eigenvalue weighted by molar-refractivity contribution is -0.117. The maximum absolute atomic E-state index is 13.0. The minimum absolute atomic E-state index is 0.0460. The van der Waals surface area contributed by atoms with Gasteiger partial charge in [-0.1, -0.05) is 48.5 Å². The van der Waals surface area contributed by atoms with Gasteiger partial charge in [0.25, 0.3) is 0 Å². The fourth-order valence-corrected chi connectivity index (χ4v) is 4.89. The number of carbonyl (C=O) groups excluding carboxylic acids is 1. The van der Waals surface area contributed by atoms with E-state index in [9.17, 15) is 4.79 Å². The fourth-order valence-electron chi connectivity index (χ4n) is 4.89. The van der Waals surface area contributed by atoms with E-state index in [1.807, 2.05) is 41.3 Å². The Labute approximate surface area is 194 Å². The Bertz CT molecular complexity index is 1300. The maximum Gasteiger partial charge on any atom is 0.227 e. The molecule has 0 spiro atoms. The lowest BCUT2D eigenvalue weighted by Crippen LogP contribution is -2.25. The molecule has 5 rings (SSSR count). The lowest BCUT2D eigenvalue weighted by atomic mass is 10.1. The van der Waals surface area contributed by atoms with E-state index >= 15 is 0 Å². The number of para-hydroxylation sites is 4. The summed E-state index contributed by atoms with van der Waals surface area (Å²) >= 11 is 0. The molecule has 4 aromatic rings. The number of ether oxygens (including phenoxy) is 1. The quantitative estimate of drug-likeness (QED) is 0.395. The van der Waals surface area contributed by atoms with Crippen molar-refractivity contribution in [2.75, 3.05) is 18.1 Å². The van der Waals surface area contributed by atoms with Crippen molar-refractivity contribution in [3.63, 3.8) is 0 Å². The third-order valence-electron chi connectivity index (χ3n) is 6.55. The van der Waals surface area contributed by atoms with Crippen molar-refractivity contribution in [1.29, 1.82) is 0 Å². The first-order chi connectivity index (χ1) is 16.0. The summed E-state index contributed by atoms with van der Waals surface area (Å²) in [7, 11) is 0. The molecule has 1 aliphatic rings. The van der Waals surface area contributed by atoms with Gasteiger partial charge in [0.2, 0.25) is 5.91 Å². The zero-order chi connectivity index (χ0) is 22.9. The highest BCUT2D eigenvalue weighted by atomic mass is 16.5. The predicted octanol–water partition coefficient (Wildman–Crippen LogP) is 5.56. The van der Waals surface area contributed by atoms with Gasteiger partial charge < -0.3 is 14.2 Å². The standard InChI is InChI=1S/C28H29N3O2/c1-19-9-4-6-13-24(19)31-18-22(17-26(31)32)28-29-23-12-5-7-14-25(23)30(28)15-16-33-27-20(2)10-8-11-21(27)3/h4-14,22H,15-18H2,1-3H3. The van der Waals surface area contributed by atoms with E-state index in [0.29, 0.717) is 26.1 Å². The molecular weight excluding hydrogens is 410 g/mol. The second-order valence-electron chi connectivity index (χ2n) is 8.87. The first kappa shape index (κ1) is 21.3. The van der Waals surface area contributed by atoms with Crippen molar-refractivity contribution in [3.8, 4) is 5.75 Å². The highest BCUT2D eigenvalue weighted by molar-refractivity contribution is 5.97. The predicted molar refractivity (Wildman–Crippen MR) is 132 cm³/mol.